The third-order valence-corrected chi connectivity index (χ3v) is 11.3. The standard InChI is InChI=1S/C56H97NO5/c1-4-7-10-13-16-19-22-24-26-27-29-30-33-35-38-41-44-47-52(62-56(61)49-46-43-40-37-34-31-28-25-23-20-17-14-11-8-5-2)50-55(60)57-53(51-58)54(59)48-45-42-39-36-32-21-18-15-12-9-6-3/h8,11,14,16-17,19-20,23-26,28,31,34,52-54,58-59H,4-7,9-10,12-13,15,18,21-22,27,29-30,32-33,35-51H2,1-3H3,(H,57,60)/b11-8+,17-14+,19-16-,23-20-,26-24-,28-25-,34-31+. The van der Waals surface area contributed by atoms with Gasteiger partial charge in [0.15, 0.2) is 0 Å². The van der Waals surface area contributed by atoms with Gasteiger partial charge < -0.3 is 20.3 Å². The van der Waals surface area contributed by atoms with Gasteiger partial charge in [-0.2, -0.15) is 0 Å². The van der Waals surface area contributed by atoms with Crippen LogP contribution in [-0.4, -0.2) is 46.9 Å². The zero-order chi connectivity index (χ0) is 45.2. The minimum atomic E-state index is -0.801. The van der Waals surface area contributed by atoms with Gasteiger partial charge in [0.05, 0.1) is 25.2 Å². The molecule has 0 spiro atoms. The first kappa shape index (κ1) is 59.0. The third-order valence-electron chi connectivity index (χ3n) is 11.3. The number of esters is 1. The molecule has 0 heterocycles. The Morgan fingerprint density at radius 1 is 0.500 bits per heavy atom. The summed E-state index contributed by atoms with van der Waals surface area (Å²) in [5.41, 5.74) is 0. The van der Waals surface area contributed by atoms with E-state index in [0.29, 0.717) is 19.3 Å². The van der Waals surface area contributed by atoms with Crippen molar-refractivity contribution in [1.82, 2.24) is 5.32 Å². The summed E-state index contributed by atoms with van der Waals surface area (Å²) in [6.07, 6.45) is 63.5. The van der Waals surface area contributed by atoms with Crippen LogP contribution < -0.4 is 5.32 Å². The molecule has 0 saturated heterocycles. The first-order chi connectivity index (χ1) is 30.5. The van der Waals surface area contributed by atoms with Crippen molar-refractivity contribution in [3.05, 3.63) is 85.1 Å². The number of ether oxygens (including phenoxy) is 1. The van der Waals surface area contributed by atoms with Gasteiger partial charge in [-0.15, -0.1) is 0 Å². The fourth-order valence-corrected chi connectivity index (χ4v) is 7.42. The highest BCUT2D eigenvalue weighted by atomic mass is 16.5. The highest BCUT2D eigenvalue weighted by Crippen LogP contribution is 2.17. The average Bonchev–Trinajstić information content (AvgIpc) is 3.26. The molecule has 62 heavy (non-hydrogen) atoms. The molecule has 0 fully saturated rings. The molecule has 0 aliphatic rings. The highest BCUT2D eigenvalue weighted by Gasteiger charge is 2.24. The number of carbonyl (C=O) groups is 2. The van der Waals surface area contributed by atoms with Crippen LogP contribution in [-0.2, 0) is 14.3 Å². The van der Waals surface area contributed by atoms with Crippen molar-refractivity contribution in [2.75, 3.05) is 6.61 Å². The van der Waals surface area contributed by atoms with Crippen molar-refractivity contribution in [2.24, 2.45) is 0 Å². The predicted molar refractivity (Wildman–Crippen MR) is 268 cm³/mol. The maximum Gasteiger partial charge on any atom is 0.306 e. The average molecular weight is 864 g/mol. The zero-order valence-electron chi connectivity index (χ0n) is 40.5. The number of hydrogen-bond donors (Lipinski definition) is 3. The van der Waals surface area contributed by atoms with Crippen molar-refractivity contribution in [3.63, 3.8) is 0 Å². The summed E-state index contributed by atoms with van der Waals surface area (Å²) >= 11 is 0. The highest BCUT2D eigenvalue weighted by molar-refractivity contribution is 5.77. The molecule has 0 aliphatic carbocycles. The van der Waals surface area contributed by atoms with Crippen molar-refractivity contribution >= 4 is 11.9 Å². The van der Waals surface area contributed by atoms with Crippen molar-refractivity contribution in [3.8, 4) is 0 Å². The molecule has 1 amide bonds. The van der Waals surface area contributed by atoms with Gasteiger partial charge in [-0.25, -0.2) is 0 Å². The predicted octanol–water partition coefficient (Wildman–Crippen LogP) is 15.6. The first-order valence-electron chi connectivity index (χ1n) is 25.9. The second kappa shape index (κ2) is 49.1. The quantitative estimate of drug-likeness (QED) is 0.0245. The number of allylic oxidation sites excluding steroid dienone is 14. The minimum Gasteiger partial charge on any atom is -0.462 e. The Morgan fingerprint density at radius 2 is 0.935 bits per heavy atom. The lowest BCUT2D eigenvalue weighted by molar-refractivity contribution is -0.151. The number of aliphatic hydroxyl groups is 2. The lowest BCUT2D eigenvalue weighted by atomic mass is 10.0. The number of carbonyl (C=O) groups excluding carboxylic acids is 2. The normalized spacial score (nSPS) is 14.0. The van der Waals surface area contributed by atoms with Gasteiger partial charge in [0.1, 0.15) is 6.10 Å². The number of nitrogens with one attached hydrogen (secondary N) is 1. The molecule has 0 bridgehead atoms. The Labute approximate surface area is 383 Å². The second-order valence-corrected chi connectivity index (χ2v) is 17.3. The Kier molecular flexibility index (Phi) is 46.7. The van der Waals surface area contributed by atoms with Crippen LogP contribution in [0, 0.1) is 0 Å². The molecule has 6 heteroatoms. The van der Waals surface area contributed by atoms with Crippen LogP contribution in [0.3, 0.4) is 0 Å². The maximum atomic E-state index is 13.2. The minimum absolute atomic E-state index is 0.0509. The zero-order valence-corrected chi connectivity index (χ0v) is 40.5. The Balaban J connectivity index is 4.70. The van der Waals surface area contributed by atoms with Crippen molar-refractivity contribution in [2.45, 2.75) is 251 Å². The van der Waals surface area contributed by atoms with Crippen LogP contribution in [0.25, 0.3) is 0 Å². The van der Waals surface area contributed by atoms with E-state index in [1.165, 1.54) is 103 Å². The third kappa shape index (κ3) is 43.7. The van der Waals surface area contributed by atoms with E-state index in [-0.39, 0.29) is 24.9 Å². The molecule has 0 radical (unpaired) electrons. The van der Waals surface area contributed by atoms with Gasteiger partial charge in [-0.3, -0.25) is 9.59 Å². The van der Waals surface area contributed by atoms with Crippen LogP contribution in [0.1, 0.15) is 233 Å². The largest absolute Gasteiger partial charge is 0.462 e. The molecule has 0 aliphatic heterocycles. The van der Waals surface area contributed by atoms with Gasteiger partial charge in [-0.05, 0) is 77.0 Å². The van der Waals surface area contributed by atoms with Crippen LogP contribution >= 0.6 is 0 Å². The summed E-state index contributed by atoms with van der Waals surface area (Å²) in [7, 11) is 0. The molecule has 3 atom stereocenters. The van der Waals surface area contributed by atoms with E-state index < -0.39 is 18.2 Å². The molecule has 0 rings (SSSR count). The lowest BCUT2D eigenvalue weighted by Gasteiger charge is -2.24. The summed E-state index contributed by atoms with van der Waals surface area (Å²) in [5.74, 6) is -0.534. The summed E-state index contributed by atoms with van der Waals surface area (Å²) in [5, 5.41) is 23.7. The molecule has 0 saturated carbocycles. The topological polar surface area (TPSA) is 95.9 Å². The van der Waals surface area contributed by atoms with Gasteiger partial charge in [0.2, 0.25) is 5.91 Å². The number of rotatable bonds is 45. The number of amides is 1. The summed E-state index contributed by atoms with van der Waals surface area (Å²) in [6.45, 7) is 6.29. The van der Waals surface area contributed by atoms with E-state index in [9.17, 15) is 19.8 Å². The van der Waals surface area contributed by atoms with Crippen LogP contribution in [0.15, 0.2) is 85.1 Å². The number of aliphatic hydroxyl groups excluding tert-OH is 2. The molecule has 0 aromatic carbocycles. The monoisotopic (exact) mass is 864 g/mol. The lowest BCUT2D eigenvalue weighted by Crippen LogP contribution is -2.46. The molecule has 3 N–H and O–H groups in total. The number of unbranched alkanes of at least 4 members (excludes halogenated alkanes) is 23. The van der Waals surface area contributed by atoms with Crippen molar-refractivity contribution < 1.29 is 24.5 Å². The first-order valence-corrected chi connectivity index (χ1v) is 25.9. The molecular weight excluding hydrogens is 767 g/mol. The van der Waals surface area contributed by atoms with E-state index in [1.807, 2.05) is 42.5 Å². The van der Waals surface area contributed by atoms with E-state index in [2.05, 4.69) is 68.6 Å². The summed E-state index contributed by atoms with van der Waals surface area (Å²) < 4.78 is 5.92. The SMILES string of the molecule is CC/C=C/C=C/C=C\C=C/C=C/CCCCCC(=O)OC(CCCCCCCCC/C=C\C/C=C\CCCCC)CC(=O)NC(CO)C(O)CCCCCCCCCCCCC. The molecule has 356 valence electrons. The smallest absolute Gasteiger partial charge is 0.306 e. The second-order valence-electron chi connectivity index (χ2n) is 17.3. The van der Waals surface area contributed by atoms with E-state index in [0.717, 1.165) is 83.5 Å². The Bertz CT molecular complexity index is 1200. The van der Waals surface area contributed by atoms with E-state index in [1.54, 1.807) is 0 Å². The summed E-state index contributed by atoms with van der Waals surface area (Å²) in [6, 6.07) is -0.717. The van der Waals surface area contributed by atoms with Gasteiger partial charge in [0, 0.05) is 6.42 Å². The Hall–Kier alpha value is -2.96. The number of hydrogen-bond acceptors (Lipinski definition) is 5. The van der Waals surface area contributed by atoms with Crippen LogP contribution in [0.4, 0.5) is 0 Å². The fourth-order valence-electron chi connectivity index (χ4n) is 7.42. The van der Waals surface area contributed by atoms with Gasteiger partial charge in [0.25, 0.3) is 0 Å². The molecule has 6 nitrogen and oxygen atoms in total. The molecule has 0 aromatic heterocycles. The maximum absolute atomic E-state index is 13.2. The van der Waals surface area contributed by atoms with Gasteiger partial charge in [-0.1, -0.05) is 228 Å². The summed E-state index contributed by atoms with van der Waals surface area (Å²) in [4.78, 5) is 26.1. The van der Waals surface area contributed by atoms with E-state index in [4.69, 9.17) is 4.74 Å². The fraction of sp³-hybridized carbons (Fsp3) is 0.714. The molecule has 0 aromatic rings. The molecule has 3 unspecified atom stereocenters. The molecular formula is C56H97NO5. The van der Waals surface area contributed by atoms with E-state index >= 15 is 0 Å². The van der Waals surface area contributed by atoms with Crippen LogP contribution in [0.5, 0.6) is 0 Å². The van der Waals surface area contributed by atoms with Crippen molar-refractivity contribution in [1.29, 1.82) is 0 Å². The Morgan fingerprint density at radius 3 is 1.48 bits per heavy atom. The van der Waals surface area contributed by atoms with Gasteiger partial charge >= 0.3 is 5.97 Å². The van der Waals surface area contributed by atoms with Crippen LogP contribution in [0.2, 0.25) is 0 Å².